The van der Waals surface area contributed by atoms with E-state index in [1.54, 1.807) is 11.6 Å². The largest absolute Gasteiger partial charge is 0.481 e. The summed E-state index contributed by atoms with van der Waals surface area (Å²) in [6.07, 6.45) is 0. The van der Waals surface area contributed by atoms with Crippen LogP contribution >= 0.6 is 0 Å². The molecule has 108 valence electrons. The number of aliphatic carboxylic acids is 1. The quantitative estimate of drug-likeness (QED) is 0.695. The van der Waals surface area contributed by atoms with E-state index in [1.807, 2.05) is 37.3 Å². The Morgan fingerprint density at radius 3 is 2.60 bits per heavy atom. The van der Waals surface area contributed by atoms with E-state index in [0.717, 1.165) is 5.56 Å². The molecule has 0 aromatic heterocycles. The fraction of sp³-hybridized carbons (Fsp3) is 0.500. The van der Waals surface area contributed by atoms with Crippen LogP contribution in [0.1, 0.15) is 18.5 Å². The van der Waals surface area contributed by atoms with Crippen molar-refractivity contribution in [3.05, 3.63) is 35.9 Å². The van der Waals surface area contributed by atoms with Crippen LogP contribution < -0.4 is 5.32 Å². The highest BCUT2D eigenvalue weighted by molar-refractivity contribution is 6.45. The average molecular weight is 276 g/mol. The van der Waals surface area contributed by atoms with Crippen LogP contribution in [0.4, 0.5) is 0 Å². The summed E-state index contributed by atoms with van der Waals surface area (Å²) in [6, 6.07) is 9.87. The van der Waals surface area contributed by atoms with Crippen molar-refractivity contribution in [3.8, 4) is 0 Å². The Labute approximate surface area is 119 Å². The lowest BCUT2D eigenvalue weighted by atomic mass is 9.86. The molecule has 20 heavy (non-hydrogen) atoms. The maximum Gasteiger partial charge on any atom is 0.376 e. The first-order chi connectivity index (χ1) is 9.49. The number of carboxylic acids is 1. The molecule has 0 aliphatic carbocycles. The second kappa shape index (κ2) is 6.39. The first-order valence-electron chi connectivity index (χ1n) is 6.95. The minimum absolute atomic E-state index is 0.0806. The number of rotatable bonds is 5. The highest BCUT2D eigenvalue weighted by atomic mass is 16.4. The lowest BCUT2D eigenvalue weighted by Crippen LogP contribution is -2.41. The molecule has 0 saturated carbocycles. The van der Waals surface area contributed by atoms with Crippen molar-refractivity contribution < 1.29 is 14.9 Å². The van der Waals surface area contributed by atoms with Gasteiger partial charge in [-0.1, -0.05) is 30.3 Å². The van der Waals surface area contributed by atoms with Crippen LogP contribution in [-0.4, -0.2) is 47.1 Å². The van der Waals surface area contributed by atoms with Gasteiger partial charge in [0.2, 0.25) is 0 Å². The number of hydrogen-bond acceptors (Lipinski definition) is 4. The minimum Gasteiger partial charge on any atom is -0.481 e. The lowest BCUT2D eigenvalue weighted by molar-refractivity contribution is -0.141. The van der Waals surface area contributed by atoms with E-state index in [0.29, 0.717) is 13.1 Å². The van der Waals surface area contributed by atoms with Crippen molar-refractivity contribution in [1.82, 2.24) is 10.1 Å². The second-order valence-corrected chi connectivity index (χ2v) is 5.44. The Morgan fingerprint density at radius 2 is 2.05 bits per heavy atom. The molecule has 1 aromatic carbocycles. The van der Waals surface area contributed by atoms with E-state index in [4.69, 9.17) is 0 Å². The van der Waals surface area contributed by atoms with Gasteiger partial charge in [-0.2, -0.15) is 0 Å². The van der Waals surface area contributed by atoms with Crippen LogP contribution in [0, 0.1) is 5.92 Å². The molecular formula is C14H21BN2O3. The van der Waals surface area contributed by atoms with Gasteiger partial charge in [-0.25, -0.2) is 0 Å². The van der Waals surface area contributed by atoms with Crippen LogP contribution in [-0.2, 0) is 4.79 Å². The summed E-state index contributed by atoms with van der Waals surface area (Å²) in [5, 5.41) is 22.3. The van der Waals surface area contributed by atoms with Gasteiger partial charge in [0, 0.05) is 25.2 Å². The number of benzene rings is 1. The molecule has 0 spiro atoms. The van der Waals surface area contributed by atoms with Crippen molar-refractivity contribution in [3.63, 3.8) is 0 Å². The molecule has 1 aliphatic rings. The molecule has 1 aromatic rings. The topological polar surface area (TPSA) is 72.8 Å². The Morgan fingerprint density at radius 1 is 1.40 bits per heavy atom. The molecule has 1 fully saturated rings. The monoisotopic (exact) mass is 276 g/mol. The zero-order valence-corrected chi connectivity index (χ0v) is 11.9. The van der Waals surface area contributed by atoms with Gasteiger partial charge in [-0.15, -0.1) is 0 Å². The zero-order valence-electron chi connectivity index (χ0n) is 11.9. The summed E-state index contributed by atoms with van der Waals surface area (Å²) in [5.41, 5.74) is 1.13. The molecule has 5 nitrogen and oxygen atoms in total. The molecule has 3 atom stereocenters. The van der Waals surface area contributed by atoms with Gasteiger partial charge >= 0.3 is 13.0 Å². The maximum atomic E-state index is 11.3. The van der Waals surface area contributed by atoms with Crippen molar-refractivity contribution in [2.75, 3.05) is 13.1 Å². The predicted molar refractivity (Wildman–Crippen MR) is 78.3 cm³/mol. The third-order valence-corrected chi connectivity index (χ3v) is 3.96. The molecular weight excluding hydrogens is 255 g/mol. The molecule has 1 saturated heterocycles. The van der Waals surface area contributed by atoms with Crippen LogP contribution in [0.15, 0.2) is 30.3 Å². The van der Waals surface area contributed by atoms with Gasteiger partial charge in [-0.05, 0) is 19.3 Å². The van der Waals surface area contributed by atoms with Crippen LogP contribution in [0.3, 0.4) is 0 Å². The molecule has 0 bridgehead atoms. The van der Waals surface area contributed by atoms with Crippen molar-refractivity contribution >= 4 is 13.0 Å². The zero-order chi connectivity index (χ0) is 14.7. The first-order valence-corrected chi connectivity index (χ1v) is 6.95. The van der Waals surface area contributed by atoms with Crippen molar-refractivity contribution in [2.24, 2.45) is 5.92 Å². The number of nitrogens with one attached hydrogen (secondary N) is 1. The number of carboxylic acid groups (broad SMARTS) is 1. The Balaban J connectivity index is 2.05. The van der Waals surface area contributed by atoms with E-state index >= 15 is 0 Å². The second-order valence-electron chi connectivity index (χ2n) is 5.44. The summed E-state index contributed by atoms with van der Waals surface area (Å²) >= 11 is 0. The van der Waals surface area contributed by atoms with E-state index in [1.165, 1.54) is 0 Å². The Bertz CT molecular complexity index is 455. The molecule has 6 heteroatoms. The van der Waals surface area contributed by atoms with Crippen LogP contribution in [0.2, 0.25) is 6.82 Å². The van der Waals surface area contributed by atoms with Gasteiger partial charge in [0.15, 0.2) is 0 Å². The van der Waals surface area contributed by atoms with Crippen LogP contribution in [0.5, 0.6) is 0 Å². The highest BCUT2D eigenvalue weighted by Gasteiger charge is 2.40. The van der Waals surface area contributed by atoms with Gasteiger partial charge in [0.05, 0.1) is 5.92 Å². The summed E-state index contributed by atoms with van der Waals surface area (Å²) in [4.78, 5) is 13.1. The van der Waals surface area contributed by atoms with Crippen LogP contribution in [0.25, 0.3) is 0 Å². The number of nitrogens with zero attached hydrogens (tertiary/aromatic N) is 1. The molecule has 1 aliphatic heterocycles. The highest BCUT2D eigenvalue weighted by Crippen LogP contribution is 2.22. The fourth-order valence-corrected chi connectivity index (χ4v) is 2.72. The number of hydrogen-bond donors (Lipinski definition) is 3. The van der Waals surface area contributed by atoms with Crippen molar-refractivity contribution in [1.29, 1.82) is 0 Å². The number of carbonyl (C=O) groups is 1. The van der Waals surface area contributed by atoms with E-state index in [2.05, 4.69) is 5.32 Å². The third-order valence-electron chi connectivity index (χ3n) is 3.96. The molecule has 0 unspecified atom stereocenters. The Kier molecular flexibility index (Phi) is 4.80. The lowest BCUT2D eigenvalue weighted by Gasteiger charge is -2.23. The standard InChI is InChI=1S/C14H21BN2O3/c1-10(11-6-4-3-5-7-11)16-13-9-17(15(2)20)8-12(13)14(18)19/h3-7,10,12-13,16,20H,8-9H2,1-2H3,(H,18,19)/t10-,12+,13+/m0/s1. The normalized spacial score (nSPS) is 24.6. The Hall–Kier alpha value is -1.37. The van der Waals surface area contributed by atoms with E-state index in [-0.39, 0.29) is 12.1 Å². The third kappa shape index (κ3) is 3.39. The summed E-state index contributed by atoms with van der Waals surface area (Å²) in [7, 11) is -0.615. The van der Waals surface area contributed by atoms with Gasteiger partial charge in [0.1, 0.15) is 0 Å². The predicted octanol–water partition coefficient (Wildman–Crippen LogP) is 0.832. The molecule has 2 rings (SSSR count). The summed E-state index contributed by atoms with van der Waals surface area (Å²) in [6.45, 7) is 4.62. The van der Waals surface area contributed by atoms with Gasteiger partial charge in [-0.3, -0.25) is 4.79 Å². The molecule has 3 N–H and O–H groups in total. The summed E-state index contributed by atoms with van der Waals surface area (Å²) in [5.74, 6) is -1.30. The summed E-state index contributed by atoms with van der Waals surface area (Å²) < 4.78 is 0. The van der Waals surface area contributed by atoms with Gasteiger partial charge < -0.3 is 20.3 Å². The van der Waals surface area contributed by atoms with Crippen molar-refractivity contribution in [2.45, 2.75) is 25.8 Å². The smallest absolute Gasteiger partial charge is 0.376 e. The fourth-order valence-electron chi connectivity index (χ4n) is 2.72. The SMILES string of the molecule is CB(O)N1C[C@@H](N[C@@H](C)c2ccccc2)[C@H](C(=O)O)C1. The molecule has 0 radical (unpaired) electrons. The maximum absolute atomic E-state index is 11.3. The van der Waals surface area contributed by atoms with E-state index < -0.39 is 18.9 Å². The van der Waals surface area contributed by atoms with Gasteiger partial charge in [0.25, 0.3) is 0 Å². The minimum atomic E-state index is -0.814. The average Bonchev–Trinajstić information content (AvgIpc) is 2.84. The molecule has 1 heterocycles. The van der Waals surface area contributed by atoms with E-state index in [9.17, 15) is 14.9 Å². The molecule has 0 amide bonds. The first kappa shape index (κ1) is 15.0.